The van der Waals surface area contributed by atoms with Crippen molar-refractivity contribution in [1.29, 1.82) is 0 Å². The molecule has 24 heavy (non-hydrogen) atoms. The van der Waals surface area contributed by atoms with Crippen LogP contribution in [-0.4, -0.2) is 37.2 Å². The lowest BCUT2D eigenvalue weighted by molar-refractivity contribution is 0.0942. The largest absolute Gasteiger partial charge is 0.445 e. The van der Waals surface area contributed by atoms with Crippen molar-refractivity contribution in [2.75, 3.05) is 31.1 Å². The van der Waals surface area contributed by atoms with E-state index in [0.717, 1.165) is 11.3 Å². The zero-order valence-electron chi connectivity index (χ0n) is 13.1. The zero-order chi connectivity index (χ0) is 16.9. The maximum atomic E-state index is 13.6. The van der Waals surface area contributed by atoms with Gasteiger partial charge < -0.3 is 14.5 Å². The van der Waals surface area contributed by atoms with Gasteiger partial charge in [-0.25, -0.2) is 9.18 Å². The number of anilines is 1. The third-order valence-electron chi connectivity index (χ3n) is 4.01. The normalized spacial score (nSPS) is 14.6. The van der Waals surface area contributed by atoms with Crippen molar-refractivity contribution in [2.45, 2.75) is 6.61 Å². The minimum absolute atomic E-state index is 0.276. The number of nitrogens with zero attached hydrogens (tertiary/aromatic N) is 2. The van der Waals surface area contributed by atoms with Gasteiger partial charge in [0.2, 0.25) is 0 Å². The van der Waals surface area contributed by atoms with E-state index in [1.807, 2.05) is 36.4 Å². The third kappa shape index (κ3) is 4.06. The van der Waals surface area contributed by atoms with Gasteiger partial charge in [-0.3, -0.25) is 0 Å². The third-order valence-corrected chi connectivity index (χ3v) is 4.65. The molecule has 126 valence electrons. The molecule has 1 heterocycles. The Balaban J connectivity index is 1.51. The van der Waals surface area contributed by atoms with Gasteiger partial charge in [-0.05, 0) is 39.7 Å². The average Bonchev–Trinajstić information content (AvgIpc) is 2.63. The highest BCUT2D eigenvalue weighted by Gasteiger charge is 2.22. The molecule has 0 atom stereocenters. The van der Waals surface area contributed by atoms with Crippen LogP contribution < -0.4 is 4.90 Å². The van der Waals surface area contributed by atoms with Crippen LogP contribution in [0.25, 0.3) is 0 Å². The molecule has 2 aromatic carbocycles. The van der Waals surface area contributed by atoms with Crippen LogP contribution in [0.2, 0.25) is 0 Å². The van der Waals surface area contributed by atoms with Gasteiger partial charge in [-0.1, -0.05) is 30.3 Å². The molecule has 1 amide bonds. The highest BCUT2D eigenvalue weighted by molar-refractivity contribution is 9.10. The van der Waals surface area contributed by atoms with E-state index in [0.29, 0.717) is 30.7 Å². The van der Waals surface area contributed by atoms with Crippen molar-refractivity contribution in [3.8, 4) is 0 Å². The SMILES string of the molecule is O=C(OCc1ccccc1)N1CCN(c2ccc(Br)c(F)c2)CC1. The van der Waals surface area contributed by atoms with E-state index in [1.54, 1.807) is 11.0 Å². The molecule has 1 saturated heterocycles. The Morgan fingerprint density at radius 2 is 1.79 bits per heavy atom. The first-order valence-corrected chi connectivity index (χ1v) is 8.58. The minimum atomic E-state index is -0.305. The number of carbonyl (C=O) groups excluding carboxylic acids is 1. The Kier molecular flexibility index (Phi) is 5.35. The smallest absolute Gasteiger partial charge is 0.410 e. The van der Waals surface area contributed by atoms with E-state index in [-0.39, 0.29) is 18.5 Å². The molecule has 0 bridgehead atoms. The van der Waals surface area contributed by atoms with Crippen LogP contribution >= 0.6 is 15.9 Å². The first-order chi connectivity index (χ1) is 11.6. The number of carbonyl (C=O) groups is 1. The molecular weight excluding hydrogens is 375 g/mol. The summed E-state index contributed by atoms with van der Waals surface area (Å²) in [7, 11) is 0. The molecule has 0 aliphatic carbocycles. The lowest BCUT2D eigenvalue weighted by Crippen LogP contribution is -2.49. The van der Waals surface area contributed by atoms with Crippen molar-refractivity contribution in [2.24, 2.45) is 0 Å². The van der Waals surface area contributed by atoms with Crippen LogP contribution in [0.4, 0.5) is 14.9 Å². The summed E-state index contributed by atoms with van der Waals surface area (Å²) < 4.78 is 19.4. The molecule has 1 fully saturated rings. The average molecular weight is 393 g/mol. The van der Waals surface area contributed by atoms with Crippen LogP contribution in [-0.2, 0) is 11.3 Å². The Labute approximate surface area is 149 Å². The number of ether oxygens (including phenoxy) is 1. The number of halogens is 2. The number of amides is 1. The molecule has 0 aromatic heterocycles. The lowest BCUT2D eigenvalue weighted by atomic mass is 10.2. The lowest BCUT2D eigenvalue weighted by Gasteiger charge is -2.35. The molecule has 0 saturated carbocycles. The van der Waals surface area contributed by atoms with Crippen LogP contribution in [0, 0.1) is 5.82 Å². The highest BCUT2D eigenvalue weighted by Crippen LogP contribution is 2.23. The second-order valence-corrected chi connectivity index (χ2v) is 6.47. The topological polar surface area (TPSA) is 32.8 Å². The molecule has 1 aliphatic rings. The van der Waals surface area contributed by atoms with E-state index >= 15 is 0 Å². The summed E-state index contributed by atoms with van der Waals surface area (Å²) in [5.41, 5.74) is 1.79. The predicted octanol–water partition coefficient (Wildman–Crippen LogP) is 4.05. The Hall–Kier alpha value is -2.08. The molecule has 6 heteroatoms. The van der Waals surface area contributed by atoms with Gasteiger partial charge in [-0.15, -0.1) is 0 Å². The second kappa shape index (κ2) is 7.66. The Morgan fingerprint density at radius 3 is 2.46 bits per heavy atom. The number of hydrogen-bond acceptors (Lipinski definition) is 3. The highest BCUT2D eigenvalue weighted by atomic mass is 79.9. The van der Waals surface area contributed by atoms with Gasteiger partial charge in [0, 0.05) is 31.9 Å². The molecule has 0 N–H and O–H groups in total. The Morgan fingerprint density at radius 1 is 1.08 bits per heavy atom. The van der Waals surface area contributed by atoms with Gasteiger partial charge in [0.05, 0.1) is 4.47 Å². The number of benzene rings is 2. The molecule has 0 spiro atoms. The fourth-order valence-corrected chi connectivity index (χ4v) is 2.89. The molecular formula is C18H18BrFN2O2. The van der Waals surface area contributed by atoms with Gasteiger partial charge in [0.15, 0.2) is 0 Å². The number of hydrogen-bond donors (Lipinski definition) is 0. The van der Waals surface area contributed by atoms with E-state index in [1.165, 1.54) is 6.07 Å². The van der Waals surface area contributed by atoms with Crippen molar-refractivity contribution in [3.05, 3.63) is 64.4 Å². The second-order valence-electron chi connectivity index (χ2n) is 5.61. The van der Waals surface area contributed by atoms with Gasteiger partial charge in [0.25, 0.3) is 0 Å². The first-order valence-electron chi connectivity index (χ1n) is 7.79. The molecule has 3 rings (SSSR count). The zero-order valence-corrected chi connectivity index (χ0v) is 14.7. The molecule has 2 aromatic rings. The molecule has 1 aliphatic heterocycles. The fraction of sp³-hybridized carbons (Fsp3) is 0.278. The van der Waals surface area contributed by atoms with E-state index in [4.69, 9.17) is 4.74 Å². The summed E-state index contributed by atoms with van der Waals surface area (Å²) in [5.74, 6) is -0.280. The van der Waals surface area contributed by atoms with Crippen LogP contribution in [0.5, 0.6) is 0 Å². The first kappa shape index (κ1) is 16.8. The van der Waals surface area contributed by atoms with E-state index in [2.05, 4.69) is 20.8 Å². The van der Waals surface area contributed by atoms with Crippen molar-refractivity contribution < 1.29 is 13.9 Å². The van der Waals surface area contributed by atoms with Crippen LogP contribution in [0.3, 0.4) is 0 Å². The summed E-state index contributed by atoms with van der Waals surface area (Å²) in [6.07, 6.45) is -0.305. The summed E-state index contributed by atoms with van der Waals surface area (Å²) in [6, 6.07) is 14.7. The van der Waals surface area contributed by atoms with Gasteiger partial charge in [0.1, 0.15) is 12.4 Å². The van der Waals surface area contributed by atoms with Crippen LogP contribution in [0.1, 0.15) is 5.56 Å². The molecule has 4 nitrogen and oxygen atoms in total. The van der Waals surface area contributed by atoms with Gasteiger partial charge in [-0.2, -0.15) is 0 Å². The van der Waals surface area contributed by atoms with Crippen LogP contribution in [0.15, 0.2) is 53.0 Å². The predicted molar refractivity (Wildman–Crippen MR) is 94.5 cm³/mol. The fourth-order valence-electron chi connectivity index (χ4n) is 2.64. The minimum Gasteiger partial charge on any atom is -0.445 e. The van der Waals surface area contributed by atoms with Crippen molar-refractivity contribution in [3.63, 3.8) is 0 Å². The summed E-state index contributed by atoms with van der Waals surface area (Å²) >= 11 is 3.16. The Bertz CT molecular complexity index is 703. The monoisotopic (exact) mass is 392 g/mol. The number of rotatable bonds is 3. The summed E-state index contributed by atoms with van der Waals surface area (Å²) in [5, 5.41) is 0. The summed E-state index contributed by atoms with van der Waals surface area (Å²) in [6.45, 7) is 2.71. The maximum Gasteiger partial charge on any atom is 0.410 e. The van der Waals surface area contributed by atoms with Crippen molar-refractivity contribution in [1.82, 2.24) is 4.90 Å². The van der Waals surface area contributed by atoms with Gasteiger partial charge >= 0.3 is 6.09 Å². The quantitative estimate of drug-likeness (QED) is 0.789. The van der Waals surface area contributed by atoms with E-state index < -0.39 is 0 Å². The van der Waals surface area contributed by atoms with E-state index in [9.17, 15) is 9.18 Å². The standard InChI is InChI=1S/C18H18BrFN2O2/c19-16-7-6-15(12-17(16)20)21-8-10-22(11-9-21)18(23)24-13-14-4-2-1-3-5-14/h1-7,12H,8-11,13H2. The molecule has 0 radical (unpaired) electrons. The van der Waals surface area contributed by atoms with Crippen molar-refractivity contribution >= 4 is 27.7 Å². The maximum absolute atomic E-state index is 13.6. The summed E-state index contributed by atoms with van der Waals surface area (Å²) in [4.78, 5) is 15.9. The molecule has 0 unspecified atom stereocenters. The number of piperazine rings is 1.